The highest BCUT2D eigenvalue weighted by molar-refractivity contribution is 5.74. The van der Waals surface area contributed by atoms with Crippen molar-refractivity contribution in [1.29, 1.82) is 0 Å². The Bertz CT molecular complexity index is 164. The van der Waals surface area contributed by atoms with Gasteiger partial charge in [-0.2, -0.15) is 0 Å². The molecule has 0 aromatic rings. The molecule has 0 aromatic carbocycles. The first-order valence-corrected chi connectivity index (χ1v) is 5.25. The SMILES string of the molecule is CCCN(C)C(=O)N1CCCCC1. The lowest BCUT2D eigenvalue weighted by Gasteiger charge is -2.30. The zero-order chi connectivity index (χ0) is 9.68. The van der Waals surface area contributed by atoms with Crippen molar-refractivity contribution in [1.82, 2.24) is 9.80 Å². The maximum atomic E-state index is 11.7. The number of hydrogen-bond donors (Lipinski definition) is 0. The molecule has 1 aliphatic rings. The molecule has 0 aromatic heterocycles. The molecule has 3 nitrogen and oxygen atoms in total. The van der Waals surface area contributed by atoms with E-state index in [0.29, 0.717) is 0 Å². The third kappa shape index (κ3) is 2.90. The summed E-state index contributed by atoms with van der Waals surface area (Å²) in [6, 6.07) is 0.210. The van der Waals surface area contributed by atoms with Gasteiger partial charge in [0.05, 0.1) is 0 Å². The molecule has 13 heavy (non-hydrogen) atoms. The molecule has 0 atom stereocenters. The van der Waals surface area contributed by atoms with Gasteiger partial charge in [-0.25, -0.2) is 4.79 Å². The van der Waals surface area contributed by atoms with Crippen molar-refractivity contribution in [3.63, 3.8) is 0 Å². The first-order valence-electron chi connectivity index (χ1n) is 5.25. The van der Waals surface area contributed by atoms with Crippen molar-refractivity contribution in [2.24, 2.45) is 0 Å². The molecule has 3 heteroatoms. The molecule has 1 saturated heterocycles. The van der Waals surface area contributed by atoms with Crippen LogP contribution in [0.1, 0.15) is 32.6 Å². The molecular weight excluding hydrogens is 164 g/mol. The van der Waals surface area contributed by atoms with Crippen LogP contribution in [0.15, 0.2) is 0 Å². The van der Waals surface area contributed by atoms with Crippen molar-refractivity contribution >= 4 is 6.03 Å². The highest BCUT2D eigenvalue weighted by Gasteiger charge is 2.18. The summed E-state index contributed by atoms with van der Waals surface area (Å²) < 4.78 is 0. The Kier molecular flexibility index (Phi) is 4.06. The van der Waals surface area contributed by atoms with Crippen LogP contribution in [0, 0.1) is 0 Å². The summed E-state index contributed by atoms with van der Waals surface area (Å²) in [4.78, 5) is 15.5. The van der Waals surface area contributed by atoms with Crippen LogP contribution in [0.3, 0.4) is 0 Å². The third-order valence-corrected chi connectivity index (χ3v) is 2.51. The second kappa shape index (κ2) is 5.10. The molecule has 0 aliphatic carbocycles. The van der Waals surface area contributed by atoms with Gasteiger partial charge in [0.1, 0.15) is 0 Å². The van der Waals surface area contributed by atoms with Crippen LogP contribution >= 0.6 is 0 Å². The minimum absolute atomic E-state index is 0.210. The summed E-state index contributed by atoms with van der Waals surface area (Å²) in [5.41, 5.74) is 0. The lowest BCUT2D eigenvalue weighted by Crippen LogP contribution is -2.43. The molecule has 2 amide bonds. The van der Waals surface area contributed by atoms with Gasteiger partial charge >= 0.3 is 6.03 Å². The lowest BCUT2D eigenvalue weighted by molar-refractivity contribution is 0.153. The molecule has 0 bridgehead atoms. The standard InChI is InChI=1S/C10H20N2O/c1-3-7-11(2)10(13)12-8-5-4-6-9-12/h3-9H2,1-2H3. The number of likely N-dealkylation sites (tertiary alicyclic amines) is 1. The number of amides is 2. The number of carbonyl (C=O) groups is 1. The number of urea groups is 1. The van der Waals surface area contributed by atoms with Crippen LogP contribution in [-0.4, -0.2) is 42.5 Å². The Morgan fingerprint density at radius 3 is 2.46 bits per heavy atom. The molecule has 1 heterocycles. The number of nitrogens with zero attached hydrogens (tertiary/aromatic N) is 2. The summed E-state index contributed by atoms with van der Waals surface area (Å²) in [5, 5.41) is 0. The van der Waals surface area contributed by atoms with E-state index in [1.54, 1.807) is 0 Å². The summed E-state index contributed by atoms with van der Waals surface area (Å²) in [5.74, 6) is 0. The topological polar surface area (TPSA) is 23.6 Å². The molecule has 0 N–H and O–H groups in total. The van der Waals surface area contributed by atoms with E-state index in [0.717, 1.165) is 26.1 Å². The van der Waals surface area contributed by atoms with Crippen LogP contribution in [0.25, 0.3) is 0 Å². The number of rotatable bonds is 2. The molecule has 1 fully saturated rings. The van der Waals surface area contributed by atoms with E-state index in [2.05, 4.69) is 6.92 Å². The lowest BCUT2D eigenvalue weighted by atomic mass is 10.1. The molecule has 76 valence electrons. The van der Waals surface area contributed by atoms with Gasteiger partial charge < -0.3 is 9.80 Å². The Balaban J connectivity index is 2.36. The number of carbonyl (C=O) groups excluding carboxylic acids is 1. The molecule has 0 unspecified atom stereocenters. The van der Waals surface area contributed by atoms with Crippen LogP contribution in [0.4, 0.5) is 4.79 Å². The van der Waals surface area contributed by atoms with Crippen molar-refractivity contribution in [2.45, 2.75) is 32.6 Å². The van der Waals surface area contributed by atoms with Gasteiger partial charge in [-0.3, -0.25) is 0 Å². The smallest absolute Gasteiger partial charge is 0.319 e. The molecule has 0 spiro atoms. The quantitative estimate of drug-likeness (QED) is 0.643. The van der Waals surface area contributed by atoms with Crippen LogP contribution in [0.5, 0.6) is 0 Å². The van der Waals surface area contributed by atoms with Crippen LogP contribution in [-0.2, 0) is 0 Å². The first-order chi connectivity index (χ1) is 6.25. The molecule has 0 radical (unpaired) electrons. The van der Waals surface area contributed by atoms with E-state index in [-0.39, 0.29) is 6.03 Å². The molecule has 1 aliphatic heterocycles. The fourth-order valence-corrected chi connectivity index (χ4v) is 1.76. The minimum Gasteiger partial charge on any atom is -0.328 e. The third-order valence-electron chi connectivity index (χ3n) is 2.51. The van der Waals surface area contributed by atoms with E-state index in [1.165, 1.54) is 19.3 Å². The fraction of sp³-hybridized carbons (Fsp3) is 0.900. The zero-order valence-corrected chi connectivity index (χ0v) is 8.75. The van der Waals surface area contributed by atoms with E-state index in [4.69, 9.17) is 0 Å². The maximum Gasteiger partial charge on any atom is 0.319 e. The fourth-order valence-electron chi connectivity index (χ4n) is 1.76. The zero-order valence-electron chi connectivity index (χ0n) is 8.75. The second-order valence-corrected chi connectivity index (χ2v) is 3.75. The summed E-state index contributed by atoms with van der Waals surface area (Å²) >= 11 is 0. The van der Waals surface area contributed by atoms with Gasteiger partial charge in [0, 0.05) is 26.7 Å². The van der Waals surface area contributed by atoms with Gasteiger partial charge in [-0.05, 0) is 25.7 Å². The van der Waals surface area contributed by atoms with Crippen molar-refractivity contribution in [2.75, 3.05) is 26.7 Å². The maximum absolute atomic E-state index is 11.7. The van der Waals surface area contributed by atoms with E-state index >= 15 is 0 Å². The van der Waals surface area contributed by atoms with E-state index in [1.807, 2.05) is 16.8 Å². The van der Waals surface area contributed by atoms with Crippen molar-refractivity contribution in [3.8, 4) is 0 Å². The summed E-state index contributed by atoms with van der Waals surface area (Å²) in [6.45, 7) is 4.87. The van der Waals surface area contributed by atoms with Gasteiger partial charge in [0.2, 0.25) is 0 Å². The molecule has 1 rings (SSSR count). The van der Waals surface area contributed by atoms with Gasteiger partial charge in [0.25, 0.3) is 0 Å². The largest absolute Gasteiger partial charge is 0.328 e. The highest BCUT2D eigenvalue weighted by atomic mass is 16.2. The van der Waals surface area contributed by atoms with E-state index < -0.39 is 0 Å². The van der Waals surface area contributed by atoms with Crippen molar-refractivity contribution in [3.05, 3.63) is 0 Å². The van der Waals surface area contributed by atoms with Crippen LogP contribution in [0.2, 0.25) is 0 Å². The average Bonchev–Trinajstić information content (AvgIpc) is 2.18. The summed E-state index contributed by atoms with van der Waals surface area (Å²) in [6.07, 6.45) is 4.66. The van der Waals surface area contributed by atoms with Crippen LogP contribution < -0.4 is 0 Å². The monoisotopic (exact) mass is 184 g/mol. The Morgan fingerprint density at radius 2 is 1.92 bits per heavy atom. The number of hydrogen-bond acceptors (Lipinski definition) is 1. The highest BCUT2D eigenvalue weighted by Crippen LogP contribution is 2.10. The van der Waals surface area contributed by atoms with Gasteiger partial charge in [-0.15, -0.1) is 0 Å². The Hall–Kier alpha value is -0.730. The van der Waals surface area contributed by atoms with Crippen molar-refractivity contribution < 1.29 is 4.79 Å². The minimum atomic E-state index is 0.210. The molecular formula is C10H20N2O. The second-order valence-electron chi connectivity index (χ2n) is 3.75. The average molecular weight is 184 g/mol. The van der Waals surface area contributed by atoms with Gasteiger partial charge in [0.15, 0.2) is 0 Å². The van der Waals surface area contributed by atoms with Gasteiger partial charge in [-0.1, -0.05) is 6.92 Å². The number of piperidine rings is 1. The predicted molar refractivity (Wildman–Crippen MR) is 53.7 cm³/mol. The normalized spacial score (nSPS) is 17.2. The summed E-state index contributed by atoms with van der Waals surface area (Å²) in [7, 11) is 1.89. The first kappa shape index (κ1) is 10.4. The predicted octanol–water partition coefficient (Wildman–Crippen LogP) is 1.93. The Labute approximate surface area is 80.7 Å². The molecule has 0 saturated carbocycles. The Morgan fingerprint density at radius 1 is 1.31 bits per heavy atom. The van der Waals surface area contributed by atoms with E-state index in [9.17, 15) is 4.79 Å².